The number of hydrogen-bond acceptors (Lipinski definition) is 10. The summed E-state index contributed by atoms with van der Waals surface area (Å²) in [4.78, 5) is 20.2. The van der Waals surface area contributed by atoms with Gasteiger partial charge in [-0.2, -0.15) is 0 Å². The smallest absolute Gasteiger partial charge is 0.296 e. The Morgan fingerprint density at radius 2 is 1.26 bits per heavy atom. The molecule has 27 heavy (non-hydrogen) atoms. The van der Waals surface area contributed by atoms with Gasteiger partial charge < -0.3 is 4.98 Å². The van der Waals surface area contributed by atoms with Gasteiger partial charge in [0.1, 0.15) is 0 Å². The van der Waals surface area contributed by atoms with Crippen LogP contribution in [-0.2, 0) is 19.1 Å². The SMILES string of the molecule is NS(=O)(=O)c1ncccn1.O=S(=O)(Cl)c1ncccn1.S=c1nccc[nH]1. The highest BCUT2D eigenvalue weighted by molar-refractivity contribution is 8.13. The van der Waals surface area contributed by atoms with E-state index >= 15 is 0 Å². The summed E-state index contributed by atoms with van der Waals surface area (Å²) in [5.74, 6) is 0. The van der Waals surface area contributed by atoms with E-state index in [1.54, 1.807) is 18.5 Å². The van der Waals surface area contributed by atoms with Crippen LogP contribution in [0.25, 0.3) is 0 Å². The Labute approximate surface area is 164 Å². The molecule has 0 aromatic carbocycles. The van der Waals surface area contributed by atoms with Crippen LogP contribution < -0.4 is 5.14 Å². The zero-order valence-electron chi connectivity index (χ0n) is 13.2. The number of hydrogen-bond donors (Lipinski definition) is 2. The molecule has 0 unspecified atom stereocenters. The van der Waals surface area contributed by atoms with Crippen LogP contribution in [0, 0.1) is 4.77 Å². The Hall–Kier alpha value is -2.39. The molecule has 15 heteroatoms. The Bertz CT molecular complexity index is 1010. The van der Waals surface area contributed by atoms with Crippen LogP contribution >= 0.6 is 22.9 Å². The largest absolute Gasteiger partial charge is 0.337 e. The molecule has 3 heterocycles. The van der Waals surface area contributed by atoms with Gasteiger partial charge in [-0.3, -0.25) is 0 Å². The van der Waals surface area contributed by atoms with Gasteiger partial charge in [0.05, 0.1) is 0 Å². The van der Waals surface area contributed by atoms with E-state index in [4.69, 9.17) is 15.8 Å². The molecule has 0 saturated heterocycles. The van der Waals surface area contributed by atoms with Crippen molar-refractivity contribution in [3.05, 3.63) is 60.2 Å². The quantitative estimate of drug-likeness (QED) is 0.321. The summed E-state index contributed by atoms with van der Waals surface area (Å²) in [6, 6.07) is 4.80. The molecule has 0 aliphatic rings. The maximum atomic E-state index is 10.5. The van der Waals surface area contributed by atoms with Gasteiger partial charge in [0.25, 0.3) is 29.4 Å². The number of rotatable bonds is 2. The first-order valence-corrected chi connectivity index (χ1v) is 10.9. The summed E-state index contributed by atoms with van der Waals surface area (Å²) in [7, 11) is -2.57. The molecule has 11 nitrogen and oxygen atoms in total. The number of halogens is 1. The Morgan fingerprint density at radius 3 is 1.48 bits per heavy atom. The molecule has 0 fully saturated rings. The fourth-order valence-corrected chi connectivity index (χ4v) is 2.31. The fraction of sp³-hybridized carbons (Fsp3) is 0. The van der Waals surface area contributed by atoms with Crippen molar-refractivity contribution >= 4 is 42.0 Å². The number of nitrogens with zero attached hydrogens (tertiary/aromatic N) is 5. The van der Waals surface area contributed by atoms with Gasteiger partial charge in [0.15, 0.2) is 4.77 Å². The minimum absolute atomic E-state index is 0.352. The van der Waals surface area contributed by atoms with E-state index in [9.17, 15) is 16.8 Å². The summed E-state index contributed by atoms with van der Waals surface area (Å²) in [5, 5.41) is 3.99. The molecular formula is C12H12ClN7O4S3. The molecule has 0 atom stereocenters. The van der Waals surface area contributed by atoms with Crippen LogP contribution in [-0.4, -0.2) is 46.7 Å². The monoisotopic (exact) mass is 449 g/mol. The third-order valence-electron chi connectivity index (χ3n) is 2.14. The summed E-state index contributed by atoms with van der Waals surface area (Å²) >= 11 is 4.65. The second-order valence-corrected chi connectivity index (χ2v) is 8.43. The number of aromatic nitrogens is 6. The van der Waals surface area contributed by atoms with Crippen molar-refractivity contribution < 1.29 is 16.8 Å². The van der Waals surface area contributed by atoms with Crippen LogP contribution in [0.15, 0.2) is 65.7 Å². The lowest BCUT2D eigenvalue weighted by atomic mass is 10.7. The van der Waals surface area contributed by atoms with Crippen molar-refractivity contribution in [2.45, 2.75) is 10.3 Å². The zero-order chi connectivity index (χ0) is 20.3. The van der Waals surface area contributed by atoms with Gasteiger partial charge in [-0.1, -0.05) is 0 Å². The number of nitrogens with two attached hydrogens (primary N) is 1. The highest BCUT2D eigenvalue weighted by Crippen LogP contribution is 2.05. The van der Waals surface area contributed by atoms with E-state index in [2.05, 4.69) is 42.1 Å². The zero-order valence-corrected chi connectivity index (χ0v) is 16.5. The van der Waals surface area contributed by atoms with Crippen molar-refractivity contribution in [3.63, 3.8) is 0 Å². The maximum absolute atomic E-state index is 10.5. The maximum Gasteiger partial charge on any atom is 0.296 e. The van der Waals surface area contributed by atoms with Crippen LogP contribution in [0.1, 0.15) is 0 Å². The first-order chi connectivity index (χ1) is 12.6. The topological polar surface area (TPSA) is 175 Å². The molecule has 0 amide bonds. The molecule has 0 aliphatic heterocycles. The lowest BCUT2D eigenvalue weighted by Gasteiger charge is -1.91. The summed E-state index contributed by atoms with van der Waals surface area (Å²) in [6.07, 6.45) is 8.64. The summed E-state index contributed by atoms with van der Waals surface area (Å²) in [6.45, 7) is 0. The van der Waals surface area contributed by atoms with E-state index < -0.39 is 19.1 Å². The minimum atomic E-state index is -3.75. The van der Waals surface area contributed by atoms with Crippen molar-refractivity contribution in [1.29, 1.82) is 0 Å². The van der Waals surface area contributed by atoms with Gasteiger partial charge in [-0.15, -0.1) is 0 Å². The van der Waals surface area contributed by atoms with Gasteiger partial charge in [-0.05, 0) is 30.4 Å². The third kappa shape index (κ3) is 9.76. The number of sulfonamides is 1. The molecule has 3 rings (SSSR count). The molecule has 3 N–H and O–H groups in total. The standard InChI is InChI=1S/C4H3ClN2O2S.C4H5N3O2S.C4H4N2S/c2*5-10(8,9)4-6-2-1-3-7-4;7-4-5-2-1-3-6-4/h1-3H;1-3H,(H2,5,8,9);1-3H,(H,5,6,7). The van der Waals surface area contributed by atoms with E-state index in [-0.39, 0.29) is 10.3 Å². The van der Waals surface area contributed by atoms with Gasteiger partial charge in [0, 0.05) is 47.9 Å². The lowest BCUT2D eigenvalue weighted by molar-refractivity contribution is 0.588. The van der Waals surface area contributed by atoms with E-state index in [1.807, 2.05) is 0 Å². The highest BCUT2D eigenvalue weighted by Gasteiger charge is 2.11. The number of primary sulfonamides is 1. The molecule has 0 radical (unpaired) electrons. The average molecular weight is 450 g/mol. The second-order valence-electron chi connectivity index (χ2n) is 4.13. The minimum Gasteiger partial charge on any atom is -0.337 e. The molecule has 3 aromatic rings. The normalized spacial score (nSPS) is 10.6. The van der Waals surface area contributed by atoms with Crippen LogP contribution in [0.4, 0.5) is 0 Å². The number of H-pyrrole nitrogens is 1. The average Bonchev–Trinajstić information content (AvgIpc) is 2.64. The van der Waals surface area contributed by atoms with Crippen LogP contribution in [0.5, 0.6) is 0 Å². The second kappa shape index (κ2) is 10.7. The Kier molecular flexibility index (Phi) is 8.96. The van der Waals surface area contributed by atoms with Gasteiger partial charge in [0.2, 0.25) is 0 Å². The Morgan fingerprint density at radius 1 is 0.815 bits per heavy atom. The predicted molar refractivity (Wildman–Crippen MR) is 97.9 cm³/mol. The van der Waals surface area contributed by atoms with Crippen LogP contribution in [0.2, 0.25) is 0 Å². The Balaban J connectivity index is 0.000000206. The molecule has 144 valence electrons. The molecular weight excluding hydrogens is 438 g/mol. The number of aromatic amines is 1. The van der Waals surface area contributed by atoms with Crippen molar-refractivity contribution in [2.24, 2.45) is 5.14 Å². The van der Waals surface area contributed by atoms with E-state index in [1.165, 1.54) is 36.9 Å². The molecule has 0 saturated carbocycles. The van der Waals surface area contributed by atoms with Crippen molar-refractivity contribution in [3.8, 4) is 0 Å². The number of nitrogens with one attached hydrogen (secondary N) is 1. The summed E-state index contributed by atoms with van der Waals surface area (Å²) < 4.78 is 42.4. The van der Waals surface area contributed by atoms with Gasteiger partial charge >= 0.3 is 0 Å². The molecule has 3 aromatic heterocycles. The molecule has 0 aliphatic carbocycles. The fourth-order valence-electron chi connectivity index (χ4n) is 1.15. The van der Waals surface area contributed by atoms with Crippen LogP contribution in [0.3, 0.4) is 0 Å². The molecule has 0 bridgehead atoms. The van der Waals surface area contributed by atoms with E-state index in [0.717, 1.165) is 0 Å². The summed E-state index contributed by atoms with van der Waals surface area (Å²) in [5.41, 5.74) is 0. The highest BCUT2D eigenvalue weighted by atomic mass is 35.7. The molecule has 0 spiro atoms. The predicted octanol–water partition coefficient (Wildman–Crippen LogP) is 0.667. The third-order valence-corrected chi connectivity index (χ3v) is 4.14. The first-order valence-electron chi connectivity index (χ1n) is 6.62. The van der Waals surface area contributed by atoms with Gasteiger partial charge in [-0.25, -0.2) is 46.9 Å². The van der Waals surface area contributed by atoms with Crippen molar-refractivity contribution in [2.75, 3.05) is 0 Å². The van der Waals surface area contributed by atoms with E-state index in [0.29, 0.717) is 4.77 Å². The lowest BCUT2D eigenvalue weighted by Crippen LogP contribution is -2.15. The first kappa shape index (κ1) is 22.7. The van der Waals surface area contributed by atoms with Crippen molar-refractivity contribution in [1.82, 2.24) is 29.9 Å².